The quantitative estimate of drug-likeness (QED) is 0.777. The molecule has 0 aliphatic rings. The maximum absolute atomic E-state index is 12.1. The van der Waals surface area contributed by atoms with E-state index in [4.69, 9.17) is 5.73 Å². The van der Waals surface area contributed by atoms with E-state index in [1.165, 1.54) is 11.3 Å². The summed E-state index contributed by atoms with van der Waals surface area (Å²) >= 11 is 3.06. The number of halogens is 1. The van der Waals surface area contributed by atoms with Crippen LogP contribution in [0.4, 0.5) is 10.8 Å². The Morgan fingerprint density at radius 3 is 2.82 bits per heavy atom. The van der Waals surface area contributed by atoms with Gasteiger partial charge in [0.25, 0.3) is 0 Å². The Labute approximate surface area is 144 Å². The molecule has 0 atom stereocenters. The fourth-order valence-electron chi connectivity index (χ4n) is 1.90. The van der Waals surface area contributed by atoms with Gasteiger partial charge in [-0.05, 0) is 25.4 Å². The predicted octanol–water partition coefficient (Wildman–Crippen LogP) is 2.94. The van der Waals surface area contributed by atoms with E-state index in [1.54, 1.807) is 18.0 Å². The van der Waals surface area contributed by atoms with Crippen LogP contribution in [0.5, 0.6) is 0 Å². The molecular weight excluding hydrogens is 340 g/mol. The number of nitrogens with two attached hydrogens (primary N) is 1. The third-order valence-electron chi connectivity index (χ3n) is 2.79. The van der Waals surface area contributed by atoms with Crippen molar-refractivity contribution in [2.24, 2.45) is 0 Å². The lowest BCUT2D eigenvalue weighted by Gasteiger charge is -2.16. The highest BCUT2D eigenvalue weighted by molar-refractivity contribution is 7.98. The second-order valence-corrected chi connectivity index (χ2v) is 6.58. The molecule has 0 bridgehead atoms. The van der Waals surface area contributed by atoms with Crippen LogP contribution in [0.2, 0.25) is 0 Å². The molecule has 0 unspecified atom stereocenters. The summed E-state index contributed by atoms with van der Waals surface area (Å²) < 4.78 is 0. The number of amides is 1. The van der Waals surface area contributed by atoms with Crippen molar-refractivity contribution in [2.45, 2.75) is 11.4 Å². The normalized spacial score (nSPS) is 10.3. The molecule has 1 aromatic heterocycles. The van der Waals surface area contributed by atoms with Crippen LogP contribution in [-0.4, -0.2) is 35.6 Å². The summed E-state index contributed by atoms with van der Waals surface area (Å²) in [6, 6.07) is 7.78. The summed E-state index contributed by atoms with van der Waals surface area (Å²) in [7, 11) is 1.90. The average Bonchev–Trinajstić information content (AvgIpc) is 2.84. The van der Waals surface area contributed by atoms with Crippen molar-refractivity contribution in [1.82, 2.24) is 9.88 Å². The minimum atomic E-state index is -0.0310. The average molecular weight is 359 g/mol. The fourth-order valence-corrected chi connectivity index (χ4v) is 3.22. The molecule has 2 rings (SSSR count). The second-order valence-electron chi connectivity index (χ2n) is 4.59. The first-order valence-electron chi connectivity index (χ1n) is 6.40. The summed E-state index contributed by atoms with van der Waals surface area (Å²) in [5, 5.41) is 3.50. The van der Waals surface area contributed by atoms with Crippen LogP contribution in [0, 0.1) is 0 Å². The molecule has 3 N–H and O–H groups in total. The van der Waals surface area contributed by atoms with Crippen LogP contribution in [0.3, 0.4) is 0 Å². The Hall–Kier alpha value is -1.28. The van der Waals surface area contributed by atoms with E-state index in [-0.39, 0.29) is 18.3 Å². The van der Waals surface area contributed by atoms with Crippen molar-refractivity contribution >= 4 is 52.2 Å². The molecule has 0 fully saturated rings. The van der Waals surface area contributed by atoms with Crippen molar-refractivity contribution in [2.75, 3.05) is 30.9 Å². The van der Waals surface area contributed by atoms with Crippen LogP contribution < -0.4 is 11.1 Å². The predicted molar refractivity (Wildman–Crippen MR) is 97.0 cm³/mol. The third-order valence-corrected chi connectivity index (χ3v) is 4.40. The number of likely N-dealkylation sites (N-methyl/N-ethyl adjacent to an activating group) is 1. The van der Waals surface area contributed by atoms with E-state index in [2.05, 4.69) is 10.3 Å². The molecule has 120 valence electrons. The monoisotopic (exact) mass is 358 g/mol. The van der Waals surface area contributed by atoms with Gasteiger partial charge in [-0.15, -0.1) is 35.5 Å². The lowest BCUT2D eigenvalue weighted by Crippen LogP contribution is -2.29. The highest BCUT2D eigenvalue weighted by Gasteiger charge is 2.10. The van der Waals surface area contributed by atoms with E-state index in [1.807, 2.05) is 42.5 Å². The number of nitrogens with zero attached hydrogens (tertiary/aromatic N) is 2. The van der Waals surface area contributed by atoms with Crippen LogP contribution in [0.1, 0.15) is 4.88 Å². The molecule has 1 aromatic carbocycles. The Balaban J connectivity index is 0.00000242. The molecule has 0 spiro atoms. The maximum Gasteiger partial charge on any atom is 0.238 e. The van der Waals surface area contributed by atoms with Gasteiger partial charge in [0.1, 0.15) is 0 Å². The largest absolute Gasteiger partial charge is 0.375 e. The van der Waals surface area contributed by atoms with Crippen molar-refractivity contribution in [3.05, 3.63) is 35.3 Å². The summed E-state index contributed by atoms with van der Waals surface area (Å²) in [5.41, 5.74) is 6.45. The van der Waals surface area contributed by atoms with E-state index in [0.29, 0.717) is 18.2 Å². The molecule has 1 heterocycles. The number of carbonyl (C=O) groups is 1. The zero-order valence-electron chi connectivity index (χ0n) is 12.4. The van der Waals surface area contributed by atoms with E-state index >= 15 is 0 Å². The Bertz CT molecular complexity index is 620. The van der Waals surface area contributed by atoms with E-state index < -0.39 is 0 Å². The first-order valence-corrected chi connectivity index (χ1v) is 8.44. The van der Waals surface area contributed by atoms with Gasteiger partial charge in [-0.2, -0.15) is 0 Å². The van der Waals surface area contributed by atoms with E-state index in [0.717, 1.165) is 15.5 Å². The number of carbonyl (C=O) groups excluding carboxylic acids is 1. The number of hydrogen-bond acceptors (Lipinski definition) is 6. The van der Waals surface area contributed by atoms with Crippen molar-refractivity contribution in [1.29, 1.82) is 0 Å². The Kier molecular flexibility index (Phi) is 7.67. The molecule has 22 heavy (non-hydrogen) atoms. The van der Waals surface area contributed by atoms with Crippen molar-refractivity contribution in [3.8, 4) is 0 Å². The van der Waals surface area contributed by atoms with Crippen molar-refractivity contribution in [3.63, 3.8) is 0 Å². The smallest absolute Gasteiger partial charge is 0.238 e. The molecule has 8 heteroatoms. The van der Waals surface area contributed by atoms with Crippen LogP contribution >= 0.6 is 35.5 Å². The molecule has 1 amide bonds. The molecule has 0 radical (unpaired) electrons. The Morgan fingerprint density at radius 2 is 2.18 bits per heavy atom. The standard InChI is InChI=1S/C14H18N4OS2.ClH/c1-18(8-10-7-16-14(15)21-10)9-13(19)17-11-5-3-4-6-12(11)20-2;/h3-7H,8-9H2,1-2H3,(H2,15,16)(H,17,19);1H. The highest BCUT2D eigenvalue weighted by Crippen LogP contribution is 2.24. The van der Waals surface area contributed by atoms with Crippen LogP contribution in [-0.2, 0) is 11.3 Å². The number of nitrogens with one attached hydrogen (secondary N) is 1. The zero-order chi connectivity index (χ0) is 15.2. The van der Waals surface area contributed by atoms with E-state index in [9.17, 15) is 4.79 Å². The second kappa shape index (κ2) is 8.99. The van der Waals surface area contributed by atoms with Gasteiger partial charge in [0, 0.05) is 22.5 Å². The number of benzene rings is 1. The first-order chi connectivity index (χ1) is 10.1. The van der Waals surface area contributed by atoms with Gasteiger partial charge in [-0.25, -0.2) is 4.98 Å². The van der Waals surface area contributed by atoms with Gasteiger partial charge >= 0.3 is 0 Å². The first kappa shape index (κ1) is 18.8. The van der Waals surface area contributed by atoms with Gasteiger partial charge < -0.3 is 11.1 Å². The summed E-state index contributed by atoms with van der Waals surface area (Å²) in [4.78, 5) is 20.1. The van der Waals surface area contributed by atoms with Gasteiger partial charge in [0.05, 0.1) is 12.2 Å². The molecule has 0 aliphatic heterocycles. The summed E-state index contributed by atoms with van der Waals surface area (Å²) in [5.74, 6) is -0.0310. The molecule has 0 aliphatic carbocycles. The van der Waals surface area contributed by atoms with Crippen molar-refractivity contribution < 1.29 is 4.79 Å². The fraction of sp³-hybridized carbons (Fsp3) is 0.286. The Morgan fingerprint density at radius 1 is 1.45 bits per heavy atom. The topological polar surface area (TPSA) is 71.2 Å². The number of thioether (sulfide) groups is 1. The lowest BCUT2D eigenvalue weighted by atomic mass is 10.3. The number of hydrogen-bond donors (Lipinski definition) is 2. The third kappa shape index (κ3) is 5.49. The molecule has 5 nitrogen and oxygen atoms in total. The van der Waals surface area contributed by atoms with Crippen LogP contribution in [0.15, 0.2) is 35.4 Å². The zero-order valence-corrected chi connectivity index (χ0v) is 14.9. The van der Waals surface area contributed by atoms with Gasteiger partial charge in [-0.1, -0.05) is 12.1 Å². The number of para-hydroxylation sites is 1. The number of nitrogen functional groups attached to an aromatic ring is 1. The summed E-state index contributed by atoms with van der Waals surface area (Å²) in [6.45, 7) is 0.979. The molecule has 0 saturated carbocycles. The summed E-state index contributed by atoms with van der Waals surface area (Å²) in [6.07, 6.45) is 3.74. The maximum atomic E-state index is 12.1. The SMILES string of the molecule is CSc1ccccc1NC(=O)CN(C)Cc1cnc(N)s1.Cl. The van der Waals surface area contributed by atoms with Crippen LogP contribution in [0.25, 0.3) is 0 Å². The van der Waals surface area contributed by atoms with Gasteiger partial charge in [-0.3, -0.25) is 9.69 Å². The molecule has 2 aromatic rings. The lowest BCUT2D eigenvalue weighted by molar-refractivity contribution is -0.117. The minimum Gasteiger partial charge on any atom is -0.375 e. The van der Waals surface area contributed by atoms with Gasteiger partial charge in [0.15, 0.2) is 5.13 Å². The number of rotatable bonds is 6. The number of thiazole rings is 1. The van der Waals surface area contributed by atoms with Gasteiger partial charge in [0.2, 0.25) is 5.91 Å². The minimum absolute atomic E-state index is 0. The molecular formula is C14H19ClN4OS2. The number of anilines is 2. The number of aromatic nitrogens is 1. The highest BCUT2D eigenvalue weighted by atomic mass is 35.5. The molecule has 0 saturated heterocycles.